The van der Waals surface area contributed by atoms with Crippen molar-refractivity contribution in [3.8, 4) is 0 Å². The topological polar surface area (TPSA) is 66.4 Å². The molecule has 21 heavy (non-hydrogen) atoms. The molecule has 7 heteroatoms. The van der Waals surface area contributed by atoms with Gasteiger partial charge in [-0.15, -0.1) is 0 Å². The van der Waals surface area contributed by atoms with Gasteiger partial charge in [-0.25, -0.2) is 13.1 Å². The number of aliphatic hydroxyl groups excluding tert-OH is 1. The molecule has 2 aromatic carbocycles. The fourth-order valence-electron chi connectivity index (χ4n) is 1.73. The zero-order chi connectivity index (χ0) is 15.5. The minimum Gasteiger partial charge on any atom is -0.392 e. The van der Waals surface area contributed by atoms with E-state index in [1.54, 1.807) is 0 Å². The first-order valence-electron chi connectivity index (χ1n) is 6.06. The maximum atomic E-state index is 12.2. The third kappa shape index (κ3) is 4.28. The molecule has 0 saturated carbocycles. The molecule has 2 N–H and O–H groups in total. The molecule has 0 atom stereocenters. The Kier molecular flexibility index (Phi) is 5.40. The second-order valence-electron chi connectivity index (χ2n) is 4.37. The first-order valence-corrected chi connectivity index (χ1v) is 8.71. The summed E-state index contributed by atoms with van der Waals surface area (Å²) < 4.78 is 27.8. The van der Waals surface area contributed by atoms with Crippen molar-refractivity contribution in [2.24, 2.45) is 0 Å². The van der Waals surface area contributed by atoms with E-state index in [0.29, 0.717) is 5.56 Å². The number of halogens is 2. The van der Waals surface area contributed by atoms with E-state index in [2.05, 4.69) is 20.7 Å². The lowest BCUT2D eigenvalue weighted by Gasteiger charge is -2.09. The second-order valence-corrected chi connectivity index (χ2v) is 7.46. The van der Waals surface area contributed by atoms with Crippen molar-refractivity contribution in [1.82, 2.24) is 4.72 Å². The van der Waals surface area contributed by atoms with Crippen molar-refractivity contribution >= 4 is 37.6 Å². The maximum Gasteiger partial charge on any atom is 0.240 e. The molecule has 0 aromatic heterocycles. The summed E-state index contributed by atoms with van der Waals surface area (Å²) in [5, 5.41) is 9.26. The summed E-state index contributed by atoms with van der Waals surface area (Å²) in [5.74, 6) is 0. The minimum atomic E-state index is -3.65. The molecular formula is C14H13BrClNO3S. The monoisotopic (exact) mass is 389 g/mol. The van der Waals surface area contributed by atoms with Crippen LogP contribution in [0.5, 0.6) is 0 Å². The predicted molar refractivity (Wildman–Crippen MR) is 85.5 cm³/mol. The van der Waals surface area contributed by atoms with E-state index in [-0.39, 0.29) is 23.1 Å². The summed E-state index contributed by atoms with van der Waals surface area (Å²) in [6.45, 7) is -0.0498. The van der Waals surface area contributed by atoms with Crippen LogP contribution in [-0.4, -0.2) is 13.5 Å². The van der Waals surface area contributed by atoms with Gasteiger partial charge in [0.15, 0.2) is 0 Å². The molecule has 0 fully saturated rings. The van der Waals surface area contributed by atoms with Gasteiger partial charge in [-0.1, -0.05) is 45.7 Å². The molecule has 0 radical (unpaired) electrons. The van der Waals surface area contributed by atoms with Gasteiger partial charge in [0.2, 0.25) is 10.0 Å². The molecule has 0 amide bonds. The van der Waals surface area contributed by atoms with Crippen LogP contribution in [0, 0.1) is 0 Å². The van der Waals surface area contributed by atoms with E-state index in [0.717, 1.165) is 10.0 Å². The van der Waals surface area contributed by atoms with Crippen LogP contribution >= 0.6 is 27.5 Å². The van der Waals surface area contributed by atoms with Crippen LogP contribution < -0.4 is 4.72 Å². The van der Waals surface area contributed by atoms with E-state index in [4.69, 9.17) is 16.7 Å². The number of hydrogen-bond donors (Lipinski definition) is 2. The number of nitrogens with one attached hydrogen (secondary N) is 1. The number of sulfonamides is 1. The molecule has 0 aliphatic carbocycles. The van der Waals surface area contributed by atoms with Crippen molar-refractivity contribution in [2.75, 3.05) is 0 Å². The highest BCUT2D eigenvalue weighted by Gasteiger charge is 2.15. The highest BCUT2D eigenvalue weighted by molar-refractivity contribution is 9.10. The lowest BCUT2D eigenvalue weighted by molar-refractivity contribution is 0.282. The summed E-state index contributed by atoms with van der Waals surface area (Å²) in [4.78, 5) is 0.0692. The number of benzene rings is 2. The Labute approximate surface area is 136 Å². The molecule has 0 saturated heterocycles. The van der Waals surface area contributed by atoms with Gasteiger partial charge in [0.1, 0.15) is 0 Å². The van der Waals surface area contributed by atoms with Gasteiger partial charge in [-0.2, -0.15) is 0 Å². The van der Waals surface area contributed by atoms with Gasteiger partial charge in [-0.05, 0) is 35.4 Å². The highest BCUT2D eigenvalue weighted by Crippen LogP contribution is 2.21. The fourth-order valence-corrected chi connectivity index (χ4v) is 3.53. The summed E-state index contributed by atoms with van der Waals surface area (Å²) in [6, 6.07) is 11.6. The minimum absolute atomic E-state index is 0.0692. The highest BCUT2D eigenvalue weighted by atomic mass is 79.9. The van der Waals surface area contributed by atoms with Gasteiger partial charge < -0.3 is 5.11 Å². The van der Waals surface area contributed by atoms with Crippen LogP contribution in [0.4, 0.5) is 0 Å². The van der Waals surface area contributed by atoms with E-state index in [9.17, 15) is 8.42 Å². The van der Waals surface area contributed by atoms with Crippen molar-refractivity contribution in [3.05, 3.63) is 63.1 Å². The van der Waals surface area contributed by atoms with E-state index >= 15 is 0 Å². The normalized spacial score (nSPS) is 11.6. The summed E-state index contributed by atoms with van der Waals surface area (Å²) in [6.07, 6.45) is 0. The Bertz CT molecular complexity index is 750. The molecule has 0 aliphatic heterocycles. The predicted octanol–water partition coefficient (Wildman–Crippen LogP) is 3.07. The first kappa shape index (κ1) is 16.5. The number of hydrogen-bond acceptors (Lipinski definition) is 3. The van der Waals surface area contributed by atoms with Gasteiger partial charge in [0, 0.05) is 16.0 Å². The SMILES string of the molecule is O=S(=O)(NCc1cccc(Br)c1)c1ccc(CO)c(Cl)c1. The Balaban J connectivity index is 2.17. The molecule has 4 nitrogen and oxygen atoms in total. The lowest BCUT2D eigenvalue weighted by Crippen LogP contribution is -2.23. The fraction of sp³-hybridized carbons (Fsp3) is 0.143. The smallest absolute Gasteiger partial charge is 0.240 e. The van der Waals surface area contributed by atoms with E-state index < -0.39 is 10.0 Å². The van der Waals surface area contributed by atoms with Crippen molar-refractivity contribution in [2.45, 2.75) is 18.0 Å². The van der Waals surface area contributed by atoms with E-state index in [1.807, 2.05) is 24.3 Å². The zero-order valence-corrected chi connectivity index (χ0v) is 14.0. The second kappa shape index (κ2) is 6.89. The standard InChI is InChI=1S/C14H13BrClNO3S/c15-12-3-1-2-10(6-12)8-17-21(19,20)13-5-4-11(9-18)14(16)7-13/h1-7,17-18H,8-9H2. The lowest BCUT2D eigenvalue weighted by atomic mass is 10.2. The number of aliphatic hydroxyl groups is 1. The van der Waals surface area contributed by atoms with Crippen molar-refractivity contribution in [1.29, 1.82) is 0 Å². The van der Waals surface area contributed by atoms with Gasteiger partial charge in [0.05, 0.1) is 11.5 Å². The summed E-state index contributed by atoms with van der Waals surface area (Å²) in [7, 11) is -3.65. The molecule has 0 unspecified atom stereocenters. The molecular weight excluding hydrogens is 378 g/mol. The average molecular weight is 391 g/mol. The largest absolute Gasteiger partial charge is 0.392 e. The first-order chi connectivity index (χ1) is 9.92. The van der Waals surface area contributed by atoms with E-state index in [1.165, 1.54) is 18.2 Å². The van der Waals surface area contributed by atoms with Crippen LogP contribution in [0.1, 0.15) is 11.1 Å². The summed E-state index contributed by atoms with van der Waals surface area (Å²) in [5.41, 5.74) is 1.33. The van der Waals surface area contributed by atoms with Crippen molar-refractivity contribution < 1.29 is 13.5 Å². The third-order valence-corrected chi connectivity index (χ3v) is 5.10. The molecule has 2 rings (SSSR count). The van der Waals surface area contributed by atoms with Crippen LogP contribution in [0.25, 0.3) is 0 Å². The molecule has 112 valence electrons. The average Bonchev–Trinajstić information content (AvgIpc) is 2.45. The van der Waals surface area contributed by atoms with Gasteiger partial charge in [-0.3, -0.25) is 0 Å². The van der Waals surface area contributed by atoms with Gasteiger partial charge in [0.25, 0.3) is 0 Å². The maximum absolute atomic E-state index is 12.2. The Hall–Kier alpha value is -0.920. The summed E-state index contributed by atoms with van der Waals surface area (Å²) >= 11 is 9.25. The number of rotatable bonds is 5. The Morgan fingerprint density at radius 3 is 2.57 bits per heavy atom. The Morgan fingerprint density at radius 2 is 1.95 bits per heavy atom. The third-order valence-electron chi connectivity index (χ3n) is 2.86. The van der Waals surface area contributed by atoms with Crippen LogP contribution in [0.2, 0.25) is 5.02 Å². The molecule has 0 heterocycles. The van der Waals surface area contributed by atoms with Gasteiger partial charge >= 0.3 is 0 Å². The molecule has 0 spiro atoms. The van der Waals surface area contributed by atoms with Crippen LogP contribution in [0.3, 0.4) is 0 Å². The molecule has 0 bridgehead atoms. The molecule has 2 aromatic rings. The van der Waals surface area contributed by atoms with Crippen LogP contribution in [-0.2, 0) is 23.2 Å². The Morgan fingerprint density at radius 1 is 1.19 bits per heavy atom. The van der Waals surface area contributed by atoms with Crippen molar-refractivity contribution in [3.63, 3.8) is 0 Å². The molecule has 0 aliphatic rings. The zero-order valence-electron chi connectivity index (χ0n) is 10.9. The van der Waals surface area contributed by atoms with Crippen LogP contribution in [0.15, 0.2) is 51.8 Å². The quantitative estimate of drug-likeness (QED) is 0.824.